The van der Waals surface area contributed by atoms with E-state index in [0.717, 1.165) is 18.6 Å². The topological polar surface area (TPSA) is 54.9 Å². The molecular formula is C19H22F3N3OS. The molecule has 0 fully saturated rings. The van der Waals surface area contributed by atoms with E-state index in [9.17, 15) is 18.0 Å². The van der Waals surface area contributed by atoms with Crippen LogP contribution in [0, 0.1) is 12.8 Å². The second kappa shape index (κ2) is 9.21. The van der Waals surface area contributed by atoms with Crippen molar-refractivity contribution in [1.82, 2.24) is 15.3 Å². The highest BCUT2D eigenvalue weighted by Gasteiger charge is 2.30. The number of carbonyl (C=O) groups is 1. The lowest BCUT2D eigenvalue weighted by atomic mass is 10.1. The van der Waals surface area contributed by atoms with Gasteiger partial charge in [0.05, 0.1) is 11.3 Å². The Morgan fingerprint density at radius 3 is 2.44 bits per heavy atom. The van der Waals surface area contributed by atoms with E-state index >= 15 is 0 Å². The van der Waals surface area contributed by atoms with Crippen LogP contribution in [0.3, 0.4) is 0 Å². The number of nitrogens with one attached hydrogen (secondary N) is 1. The van der Waals surface area contributed by atoms with E-state index in [-0.39, 0.29) is 11.7 Å². The molecule has 0 atom stereocenters. The van der Waals surface area contributed by atoms with Crippen molar-refractivity contribution in [3.05, 3.63) is 41.6 Å². The first-order valence-corrected chi connectivity index (χ1v) is 9.56. The summed E-state index contributed by atoms with van der Waals surface area (Å²) in [5, 5.41) is 3.46. The molecule has 0 radical (unpaired) electrons. The minimum atomic E-state index is -4.38. The van der Waals surface area contributed by atoms with Crippen molar-refractivity contribution in [1.29, 1.82) is 0 Å². The molecule has 0 spiro atoms. The summed E-state index contributed by atoms with van der Waals surface area (Å²) in [6.45, 7) is 6.60. The van der Waals surface area contributed by atoms with Gasteiger partial charge in [-0.15, -0.1) is 0 Å². The fraction of sp³-hybridized carbons (Fsp3) is 0.421. The molecule has 146 valence electrons. The molecule has 1 amide bonds. The van der Waals surface area contributed by atoms with Crippen molar-refractivity contribution in [3.63, 3.8) is 0 Å². The van der Waals surface area contributed by atoms with Crippen molar-refractivity contribution in [2.45, 2.75) is 38.4 Å². The molecule has 2 aromatic rings. The molecule has 0 aliphatic rings. The van der Waals surface area contributed by atoms with E-state index in [0.29, 0.717) is 34.6 Å². The smallest absolute Gasteiger partial charge is 0.355 e. The first kappa shape index (κ1) is 21.2. The van der Waals surface area contributed by atoms with Crippen molar-refractivity contribution in [3.8, 4) is 11.4 Å². The standard InChI is InChI=1S/C19H22F3N3OS/c1-12(2)8-9-23-16(26)11-27-17-10-13(3)24-18(25-17)14-4-6-15(7-5-14)19(20,21)22/h4-7,10,12H,8-9,11H2,1-3H3,(H,23,26). The number of hydrogen-bond donors (Lipinski definition) is 1. The summed E-state index contributed by atoms with van der Waals surface area (Å²) in [6, 6.07) is 6.47. The average molecular weight is 397 g/mol. The van der Waals surface area contributed by atoms with E-state index < -0.39 is 11.7 Å². The number of benzene rings is 1. The Balaban J connectivity index is 2.04. The third-order valence-corrected chi connectivity index (χ3v) is 4.61. The van der Waals surface area contributed by atoms with Crippen LogP contribution >= 0.6 is 11.8 Å². The fourth-order valence-electron chi connectivity index (χ4n) is 2.24. The van der Waals surface area contributed by atoms with Crippen LogP contribution in [0.1, 0.15) is 31.5 Å². The molecule has 0 saturated carbocycles. The molecule has 1 heterocycles. The van der Waals surface area contributed by atoms with E-state index in [1.807, 2.05) is 0 Å². The molecule has 1 N–H and O–H groups in total. The van der Waals surface area contributed by atoms with Gasteiger partial charge in [-0.05, 0) is 37.5 Å². The fourth-order valence-corrected chi connectivity index (χ4v) is 3.03. The molecule has 0 bridgehead atoms. The SMILES string of the molecule is Cc1cc(SCC(=O)NCCC(C)C)nc(-c2ccc(C(F)(F)F)cc2)n1. The molecule has 8 heteroatoms. The van der Waals surface area contributed by atoms with Crippen LogP contribution in [0.5, 0.6) is 0 Å². The Kier molecular flexibility index (Phi) is 7.24. The zero-order valence-electron chi connectivity index (χ0n) is 15.4. The first-order valence-electron chi connectivity index (χ1n) is 8.58. The summed E-state index contributed by atoms with van der Waals surface area (Å²) in [4.78, 5) is 20.5. The minimum absolute atomic E-state index is 0.0759. The summed E-state index contributed by atoms with van der Waals surface area (Å²) >= 11 is 1.27. The maximum Gasteiger partial charge on any atom is 0.416 e. The van der Waals surface area contributed by atoms with Crippen LogP contribution in [-0.4, -0.2) is 28.2 Å². The number of nitrogens with zero attached hydrogens (tertiary/aromatic N) is 2. The minimum Gasteiger partial charge on any atom is -0.355 e. The van der Waals surface area contributed by atoms with Gasteiger partial charge in [0.15, 0.2) is 5.82 Å². The van der Waals surface area contributed by atoms with E-state index in [2.05, 4.69) is 29.1 Å². The largest absolute Gasteiger partial charge is 0.416 e. The molecule has 0 aliphatic heterocycles. The Labute approximate surface area is 161 Å². The van der Waals surface area contributed by atoms with Gasteiger partial charge < -0.3 is 5.32 Å². The molecule has 1 aromatic heterocycles. The van der Waals surface area contributed by atoms with Crippen molar-refractivity contribution >= 4 is 17.7 Å². The normalized spacial score (nSPS) is 11.7. The van der Waals surface area contributed by atoms with Gasteiger partial charge in [0, 0.05) is 17.8 Å². The molecule has 0 aliphatic carbocycles. The van der Waals surface area contributed by atoms with Gasteiger partial charge in [0.1, 0.15) is 5.03 Å². The quantitative estimate of drug-likeness (QED) is 0.542. The van der Waals surface area contributed by atoms with E-state index in [1.165, 1.54) is 23.9 Å². The number of alkyl halides is 3. The number of carbonyl (C=O) groups excluding carboxylic acids is 1. The molecule has 2 rings (SSSR count). The number of aryl methyl sites for hydroxylation is 1. The van der Waals surface area contributed by atoms with Gasteiger partial charge >= 0.3 is 6.18 Å². The van der Waals surface area contributed by atoms with Crippen molar-refractivity contribution in [2.75, 3.05) is 12.3 Å². The monoisotopic (exact) mass is 397 g/mol. The van der Waals surface area contributed by atoms with Crippen LogP contribution in [0.4, 0.5) is 13.2 Å². The second-order valence-corrected chi connectivity index (χ2v) is 7.56. The number of rotatable bonds is 7. The summed E-state index contributed by atoms with van der Waals surface area (Å²) in [5.41, 5.74) is 0.462. The lowest BCUT2D eigenvalue weighted by Gasteiger charge is -2.09. The van der Waals surface area contributed by atoms with Crippen LogP contribution in [-0.2, 0) is 11.0 Å². The maximum atomic E-state index is 12.7. The number of hydrogen-bond acceptors (Lipinski definition) is 4. The lowest BCUT2D eigenvalue weighted by Crippen LogP contribution is -2.26. The number of halogens is 3. The molecular weight excluding hydrogens is 375 g/mol. The van der Waals surface area contributed by atoms with Gasteiger partial charge in [0.2, 0.25) is 5.91 Å². The van der Waals surface area contributed by atoms with Gasteiger partial charge in [-0.2, -0.15) is 13.2 Å². The van der Waals surface area contributed by atoms with Crippen molar-refractivity contribution in [2.24, 2.45) is 5.92 Å². The highest BCUT2D eigenvalue weighted by Crippen LogP contribution is 2.30. The zero-order chi connectivity index (χ0) is 20.0. The van der Waals surface area contributed by atoms with Crippen molar-refractivity contribution < 1.29 is 18.0 Å². The van der Waals surface area contributed by atoms with Gasteiger partial charge in [0.25, 0.3) is 0 Å². The highest BCUT2D eigenvalue weighted by atomic mass is 32.2. The maximum absolute atomic E-state index is 12.7. The summed E-state index contributed by atoms with van der Waals surface area (Å²) in [7, 11) is 0. The van der Waals surface area contributed by atoms with Gasteiger partial charge in [-0.3, -0.25) is 4.79 Å². The van der Waals surface area contributed by atoms with Crippen LogP contribution in [0.2, 0.25) is 0 Å². The number of aromatic nitrogens is 2. The Morgan fingerprint density at radius 1 is 1.19 bits per heavy atom. The first-order chi connectivity index (χ1) is 12.6. The molecule has 0 unspecified atom stereocenters. The summed E-state index contributed by atoms with van der Waals surface area (Å²) < 4.78 is 38.1. The Morgan fingerprint density at radius 2 is 1.85 bits per heavy atom. The third kappa shape index (κ3) is 6.86. The highest BCUT2D eigenvalue weighted by molar-refractivity contribution is 7.99. The van der Waals surface area contributed by atoms with Crippen LogP contribution in [0.25, 0.3) is 11.4 Å². The molecule has 0 saturated heterocycles. The van der Waals surface area contributed by atoms with Gasteiger partial charge in [-0.1, -0.05) is 37.7 Å². The van der Waals surface area contributed by atoms with Gasteiger partial charge in [-0.25, -0.2) is 9.97 Å². The summed E-state index contributed by atoms with van der Waals surface area (Å²) in [6.07, 6.45) is -3.46. The lowest BCUT2D eigenvalue weighted by molar-refractivity contribution is -0.137. The average Bonchev–Trinajstić information content (AvgIpc) is 2.58. The Bertz CT molecular complexity index is 777. The second-order valence-electron chi connectivity index (χ2n) is 6.57. The molecule has 1 aromatic carbocycles. The van der Waals surface area contributed by atoms with Crippen LogP contribution in [0.15, 0.2) is 35.4 Å². The predicted octanol–water partition coefficient (Wildman–Crippen LogP) is 4.73. The third-order valence-electron chi connectivity index (χ3n) is 3.70. The Hall–Kier alpha value is -2.09. The molecule has 27 heavy (non-hydrogen) atoms. The molecule has 4 nitrogen and oxygen atoms in total. The zero-order valence-corrected chi connectivity index (χ0v) is 16.2. The number of thioether (sulfide) groups is 1. The number of amides is 1. The van der Waals surface area contributed by atoms with E-state index in [1.54, 1.807) is 13.0 Å². The van der Waals surface area contributed by atoms with Crippen LogP contribution < -0.4 is 5.32 Å². The predicted molar refractivity (Wildman–Crippen MR) is 100 cm³/mol. The summed E-state index contributed by atoms with van der Waals surface area (Å²) in [5.74, 6) is 1.01. The van der Waals surface area contributed by atoms with E-state index in [4.69, 9.17) is 0 Å².